The summed E-state index contributed by atoms with van der Waals surface area (Å²) in [6.07, 6.45) is 1.08. The van der Waals surface area contributed by atoms with Gasteiger partial charge in [0, 0.05) is 18.7 Å². The van der Waals surface area contributed by atoms with Gasteiger partial charge in [-0.15, -0.1) is 0 Å². The number of rotatable bonds is 7. The van der Waals surface area contributed by atoms with E-state index in [1.54, 1.807) is 18.2 Å². The van der Waals surface area contributed by atoms with E-state index in [0.29, 0.717) is 30.8 Å². The van der Waals surface area contributed by atoms with Crippen molar-refractivity contribution in [2.75, 3.05) is 24.1 Å². The first-order valence-corrected chi connectivity index (χ1v) is 6.68. The molecule has 5 nitrogen and oxygen atoms in total. The molecule has 1 aromatic carbocycles. The lowest BCUT2D eigenvalue weighted by Crippen LogP contribution is -2.23. The first kappa shape index (κ1) is 15.3. The average Bonchev–Trinajstić information content (AvgIpc) is 2.40. The molecule has 0 aliphatic carbocycles. The van der Waals surface area contributed by atoms with Crippen molar-refractivity contribution in [3.63, 3.8) is 0 Å². The molecule has 0 radical (unpaired) electrons. The van der Waals surface area contributed by atoms with Crippen molar-refractivity contribution in [3.8, 4) is 0 Å². The number of benzene rings is 1. The van der Waals surface area contributed by atoms with Crippen molar-refractivity contribution in [2.45, 2.75) is 32.8 Å². The minimum atomic E-state index is -0.305. The van der Waals surface area contributed by atoms with Crippen LogP contribution < -0.4 is 16.4 Å². The highest BCUT2D eigenvalue weighted by atomic mass is 16.3. The largest absolute Gasteiger partial charge is 0.397 e. The van der Waals surface area contributed by atoms with E-state index in [9.17, 15) is 9.90 Å². The van der Waals surface area contributed by atoms with E-state index in [2.05, 4.69) is 10.6 Å². The van der Waals surface area contributed by atoms with E-state index < -0.39 is 0 Å². The van der Waals surface area contributed by atoms with Gasteiger partial charge in [0.15, 0.2) is 0 Å². The molecule has 0 aromatic heterocycles. The average molecular weight is 265 g/mol. The molecule has 106 valence electrons. The molecule has 0 aliphatic heterocycles. The van der Waals surface area contributed by atoms with Gasteiger partial charge in [-0.25, -0.2) is 0 Å². The van der Waals surface area contributed by atoms with Crippen molar-refractivity contribution in [1.29, 1.82) is 0 Å². The summed E-state index contributed by atoms with van der Waals surface area (Å²) < 4.78 is 0. The number of nitrogens with one attached hydrogen (secondary N) is 2. The summed E-state index contributed by atoms with van der Waals surface area (Å²) in [4.78, 5) is 11.7. The summed E-state index contributed by atoms with van der Waals surface area (Å²) in [5.74, 6) is -0.112. The highest BCUT2D eigenvalue weighted by molar-refractivity contribution is 5.96. The van der Waals surface area contributed by atoms with Gasteiger partial charge in [0.05, 0.1) is 17.5 Å². The number of anilines is 2. The van der Waals surface area contributed by atoms with E-state index >= 15 is 0 Å². The Kier molecular flexibility index (Phi) is 6.15. The molecular weight excluding hydrogens is 242 g/mol. The summed E-state index contributed by atoms with van der Waals surface area (Å²) in [7, 11) is 0. The van der Waals surface area contributed by atoms with Crippen LogP contribution in [0.3, 0.4) is 0 Å². The Morgan fingerprint density at radius 1 is 1.42 bits per heavy atom. The number of carbonyl (C=O) groups is 1. The maximum absolute atomic E-state index is 11.7. The summed E-state index contributed by atoms with van der Waals surface area (Å²) in [5.41, 5.74) is 7.76. The molecule has 0 spiro atoms. The van der Waals surface area contributed by atoms with Crippen molar-refractivity contribution >= 4 is 17.3 Å². The molecular formula is C14H23N3O2. The van der Waals surface area contributed by atoms with Crippen molar-refractivity contribution in [1.82, 2.24) is 5.32 Å². The van der Waals surface area contributed by atoms with Crippen LogP contribution >= 0.6 is 0 Å². The van der Waals surface area contributed by atoms with Gasteiger partial charge in [-0.3, -0.25) is 4.79 Å². The zero-order chi connectivity index (χ0) is 14.3. The second-order valence-electron chi connectivity index (χ2n) is 4.44. The lowest BCUT2D eigenvalue weighted by atomic mass is 10.1. The van der Waals surface area contributed by atoms with Crippen molar-refractivity contribution in [3.05, 3.63) is 23.8 Å². The van der Waals surface area contributed by atoms with E-state index in [1.807, 2.05) is 13.8 Å². The van der Waals surface area contributed by atoms with Crippen LogP contribution in [0, 0.1) is 0 Å². The molecule has 0 saturated carbocycles. The Bertz CT molecular complexity index is 421. The van der Waals surface area contributed by atoms with Gasteiger partial charge in [-0.05, 0) is 38.0 Å². The number of nitrogens with two attached hydrogens (primary N) is 1. The van der Waals surface area contributed by atoms with E-state index in [4.69, 9.17) is 5.73 Å². The molecule has 0 bridgehead atoms. The second-order valence-corrected chi connectivity index (χ2v) is 4.44. The number of nitrogen functional groups attached to an aromatic ring is 1. The Labute approximate surface area is 114 Å². The third-order valence-corrected chi connectivity index (χ3v) is 2.92. The fourth-order valence-corrected chi connectivity index (χ4v) is 1.69. The van der Waals surface area contributed by atoms with Gasteiger partial charge in [-0.1, -0.05) is 6.92 Å². The van der Waals surface area contributed by atoms with Crippen LogP contribution in [0.2, 0.25) is 0 Å². The molecule has 5 heteroatoms. The third-order valence-electron chi connectivity index (χ3n) is 2.92. The fourth-order valence-electron chi connectivity index (χ4n) is 1.69. The normalized spacial score (nSPS) is 11.9. The number of carbonyl (C=O) groups excluding carboxylic acids is 1. The van der Waals surface area contributed by atoms with Gasteiger partial charge in [0.1, 0.15) is 0 Å². The van der Waals surface area contributed by atoms with Gasteiger partial charge >= 0.3 is 0 Å². The molecule has 1 rings (SSSR count). The monoisotopic (exact) mass is 265 g/mol. The van der Waals surface area contributed by atoms with Crippen molar-refractivity contribution < 1.29 is 9.90 Å². The summed E-state index contributed by atoms with van der Waals surface area (Å²) >= 11 is 0. The van der Waals surface area contributed by atoms with E-state index in [0.717, 1.165) is 12.1 Å². The van der Waals surface area contributed by atoms with Crippen LogP contribution in [-0.4, -0.2) is 30.2 Å². The molecule has 1 amide bonds. The van der Waals surface area contributed by atoms with Crippen LogP contribution in [0.4, 0.5) is 11.4 Å². The lowest BCUT2D eigenvalue weighted by molar-refractivity contribution is 0.0956. The minimum Gasteiger partial charge on any atom is -0.397 e. The fraction of sp³-hybridized carbons (Fsp3) is 0.500. The number of hydrogen-bond donors (Lipinski definition) is 4. The standard InChI is InChI=1S/C14H23N3O2/c1-3-11(18)7-8-17-13-9-10(5-6-12(13)15)14(19)16-4-2/h5-6,9,11,17-18H,3-4,7-8,15H2,1-2H3,(H,16,19). The molecule has 0 heterocycles. The predicted molar refractivity (Wildman–Crippen MR) is 78.3 cm³/mol. The zero-order valence-electron chi connectivity index (χ0n) is 11.6. The molecule has 1 aromatic rings. The molecule has 0 saturated heterocycles. The maximum Gasteiger partial charge on any atom is 0.251 e. The van der Waals surface area contributed by atoms with Crippen LogP contribution in [0.1, 0.15) is 37.0 Å². The predicted octanol–water partition coefficient (Wildman–Crippen LogP) is 1.59. The highest BCUT2D eigenvalue weighted by Gasteiger charge is 2.08. The molecule has 5 N–H and O–H groups in total. The Hall–Kier alpha value is -1.75. The number of hydrogen-bond acceptors (Lipinski definition) is 4. The molecule has 1 unspecified atom stereocenters. The summed E-state index contributed by atoms with van der Waals surface area (Å²) in [5, 5.41) is 15.4. The molecule has 1 atom stereocenters. The first-order chi connectivity index (χ1) is 9.08. The van der Waals surface area contributed by atoms with Gasteiger partial charge < -0.3 is 21.5 Å². The van der Waals surface area contributed by atoms with Crippen LogP contribution in [0.25, 0.3) is 0 Å². The highest BCUT2D eigenvalue weighted by Crippen LogP contribution is 2.20. The minimum absolute atomic E-state index is 0.112. The topological polar surface area (TPSA) is 87.4 Å². The molecule has 19 heavy (non-hydrogen) atoms. The number of amides is 1. The molecule has 0 aliphatic rings. The number of aliphatic hydroxyl groups excluding tert-OH is 1. The maximum atomic E-state index is 11.7. The third kappa shape index (κ3) is 4.79. The van der Waals surface area contributed by atoms with E-state index in [1.165, 1.54) is 0 Å². The summed E-state index contributed by atoms with van der Waals surface area (Å²) in [6.45, 7) is 5.03. The Morgan fingerprint density at radius 2 is 2.16 bits per heavy atom. The lowest BCUT2D eigenvalue weighted by Gasteiger charge is -2.13. The van der Waals surface area contributed by atoms with Crippen molar-refractivity contribution in [2.24, 2.45) is 0 Å². The van der Waals surface area contributed by atoms with Crippen LogP contribution in [-0.2, 0) is 0 Å². The molecule has 0 fully saturated rings. The smallest absolute Gasteiger partial charge is 0.251 e. The first-order valence-electron chi connectivity index (χ1n) is 6.68. The zero-order valence-corrected chi connectivity index (χ0v) is 11.6. The van der Waals surface area contributed by atoms with Crippen LogP contribution in [0.5, 0.6) is 0 Å². The summed E-state index contributed by atoms with van der Waals surface area (Å²) in [6, 6.07) is 5.15. The van der Waals surface area contributed by atoms with Gasteiger partial charge in [-0.2, -0.15) is 0 Å². The van der Waals surface area contributed by atoms with Crippen LogP contribution in [0.15, 0.2) is 18.2 Å². The quantitative estimate of drug-likeness (QED) is 0.564. The number of aliphatic hydroxyl groups is 1. The van der Waals surface area contributed by atoms with Gasteiger partial charge in [0.25, 0.3) is 5.91 Å². The Balaban J connectivity index is 2.66. The van der Waals surface area contributed by atoms with Gasteiger partial charge in [0.2, 0.25) is 0 Å². The Morgan fingerprint density at radius 3 is 2.79 bits per heavy atom. The van der Waals surface area contributed by atoms with E-state index in [-0.39, 0.29) is 12.0 Å². The second kappa shape index (κ2) is 7.63. The SMILES string of the molecule is CCNC(=O)c1ccc(N)c(NCCC(O)CC)c1.